The number of carbonyl (C=O) groups excluding carboxylic acids is 1. The van der Waals surface area contributed by atoms with Crippen molar-refractivity contribution in [1.82, 2.24) is 0 Å². The SMILES string of the molecule is CCCCC(CC)C(=O)[P+](=O)OC. The van der Waals surface area contributed by atoms with E-state index >= 15 is 0 Å². The van der Waals surface area contributed by atoms with E-state index < -0.39 is 8.03 Å². The Bertz CT molecular complexity index is 180. The van der Waals surface area contributed by atoms with Crippen LogP contribution in [0.25, 0.3) is 0 Å². The highest BCUT2D eigenvalue weighted by Crippen LogP contribution is 2.30. The van der Waals surface area contributed by atoms with Gasteiger partial charge in [0.2, 0.25) is 0 Å². The predicted octanol–water partition coefficient (Wildman–Crippen LogP) is 3.12. The predicted molar refractivity (Wildman–Crippen MR) is 52.9 cm³/mol. The molecule has 0 saturated heterocycles. The number of carbonyl (C=O) groups is 1. The quantitative estimate of drug-likeness (QED) is 0.600. The Hall–Kier alpha value is -0.270. The maximum Gasteiger partial charge on any atom is 0.587 e. The van der Waals surface area contributed by atoms with E-state index in [4.69, 9.17) is 0 Å². The molecular weight excluding hydrogens is 187 g/mol. The van der Waals surface area contributed by atoms with Gasteiger partial charge in [0.15, 0.2) is 0 Å². The lowest BCUT2D eigenvalue weighted by Crippen LogP contribution is -2.10. The molecule has 0 heterocycles. The zero-order valence-electron chi connectivity index (χ0n) is 8.58. The third kappa shape index (κ3) is 4.49. The summed E-state index contributed by atoms with van der Waals surface area (Å²) in [5.41, 5.74) is -0.228. The molecule has 0 amide bonds. The maximum atomic E-state index is 11.4. The summed E-state index contributed by atoms with van der Waals surface area (Å²) in [6.07, 6.45) is 3.66. The summed E-state index contributed by atoms with van der Waals surface area (Å²) < 4.78 is 15.6. The summed E-state index contributed by atoms with van der Waals surface area (Å²) in [5, 5.41) is 0. The molecule has 0 rings (SSSR count). The molecule has 0 saturated carbocycles. The van der Waals surface area contributed by atoms with Crippen molar-refractivity contribution in [2.45, 2.75) is 39.5 Å². The van der Waals surface area contributed by atoms with Gasteiger partial charge in [-0.05, 0) is 17.4 Å². The van der Waals surface area contributed by atoms with Crippen molar-refractivity contribution in [1.29, 1.82) is 0 Å². The molecule has 13 heavy (non-hydrogen) atoms. The van der Waals surface area contributed by atoms with Gasteiger partial charge < -0.3 is 0 Å². The summed E-state index contributed by atoms with van der Waals surface area (Å²) in [5.74, 6) is -0.0801. The van der Waals surface area contributed by atoms with Gasteiger partial charge in [-0.1, -0.05) is 26.7 Å². The van der Waals surface area contributed by atoms with Crippen LogP contribution in [0.4, 0.5) is 0 Å². The lowest BCUT2D eigenvalue weighted by atomic mass is 10.0. The molecule has 0 aromatic rings. The van der Waals surface area contributed by atoms with E-state index in [1.54, 1.807) is 0 Å². The fourth-order valence-electron chi connectivity index (χ4n) is 1.19. The molecule has 0 aliphatic rings. The van der Waals surface area contributed by atoms with Gasteiger partial charge >= 0.3 is 13.6 Å². The van der Waals surface area contributed by atoms with Crippen molar-refractivity contribution in [3.8, 4) is 0 Å². The minimum absolute atomic E-state index is 0.0801. The normalized spacial score (nSPS) is 13.9. The Morgan fingerprint density at radius 1 is 1.46 bits per heavy atom. The monoisotopic (exact) mass is 205 g/mol. The molecule has 0 aromatic heterocycles. The van der Waals surface area contributed by atoms with Crippen molar-refractivity contribution in [2.75, 3.05) is 7.11 Å². The highest BCUT2D eigenvalue weighted by Gasteiger charge is 2.35. The van der Waals surface area contributed by atoms with Crippen molar-refractivity contribution in [2.24, 2.45) is 5.92 Å². The van der Waals surface area contributed by atoms with Crippen LogP contribution in [0.1, 0.15) is 39.5 Å². The van der Waals surface area contributed by atoms with Crippen LogP contribution in [0.15, 0.2) is 0 Å². The zero-order valence-corrected chi connectivity index (χ0v) is 9.47. The van der Waals surface area contributed by atoms with E-state index in [2.05, 4.69) is 11.4 Å². The molecule has 0 aliphatic carbocycles. The first-order valence-corrected chi connectivity index (χ1v) is 5.90. The number of unbranched alkanes of at least 4 members (excludes halogenated alkanes) is 1. The second-order valence-corrected chi connectivity index (χ2v) is 4.35. The molecule has 0 aliphatic heterocycles. The van der Waals surface area contributed by atoms with Gasteiger partial charge in [0.25, 0.3) is 0 Å². The Balaban J connectivity index is 4.06. The largest absolute Gasteiger partial charge is 0.587 e. The minimum Gasteiger partial charge on any atom is -0.236 e. The molecule has 76 valence electrons. The van der Waals surface area contributed by atoms with Crippen LogP contribution in [0, 0.1) is 5.92 Å². The molecule has 2 atom stereocenters. The Morgan fingerprint density at radius 3 is 2.46 bits per heavy atom. The number of rotatable bonds is 7. The topological polar surface area (TPSA) is 43.4 Å². The Morgan fingerprint density at radius 2 is 2.08 bits per heavy atom. The first kappa shape index (κ1) is 12.7. The maximum absolute atomic E-state index is 11.4. The minimum atomic E-state index is -2.09. The first-order chi connectivity index (χ1) is 6.17. The fraction of sp³-hybridized carbons (Fsp3) is 0.889. The van der Waals surface area contributed by atoms with E-state index in [0.717, 1.165) is 25.7 Å². The van der Waals surface area contributed by atoms with E-state index in [0.29, 0.717) is 0 Å². The molecule has 0 N–H and O–H groups in total. The van der Waals surface area contributed by atoms with Gasteiger partial charge in [-0.3, -0.25) is 0 Å². The molecule has 0 bridgehead atoms. The van der Waals surface area contributed by atoms with E-state index in [1.165, 1.54) is 7.11 Å². The molecule has 4 heteroatoms. The van der Waals surface area contributed by atoms with Crippen LogP contribution in [0.5, 0.6) is 0 Å². The van der Waals surface area contributed by atoms with Crippen molar-refractivity contribution < 1.29 is 13.9 Å². The molecule has 3 nitrogen and oxygen atoms in total. The first-order valence-electron chi connectivity index (χ1n) is 4.72. The molecule has 0 spiro atoms. The third-order valence-corrected chi connectivity index (χ3v) is 3.15. The summed E-state index contributed by atoms with van der Waals surface area (Å²) >= 11 is 0. The fourth-order valence-corrected chi connectivity index (χ4v) is 1.98. The van der Waals surface area contributed by atoms with E-state index in [-0.39, 0.29) is 11.4 Å². The Labute approximate surface area is 80.7 Å². The molecule has 0 fully saturated rings. The van der Waals surface area contributed by atoms with Crippen LogP contribution in [-0.4, -0.2) is 12.6 Å². The molecule has 0 aromatic carbocycles. The summed E-state index contributed by atoms with van der Waals surface area (Å²) in [6.45, 7) is 4.02. The van der Waals surface area contributed by atoms with Gasteiger partial charge in [0.1, 0.15) is 0 Å². The summed E-state index contributed by atoms with van der Waals surface area (Å²) in [6, 6.07) is 0. The summed E-state index contributed by atoms with van der Waals surface area (Å²) in [4.78, 5) is 11.4. The van der Waals surface area contributed by atoms with Gasteiger partial charge in [-0.15, -0.1) is 4.52 Å². The number of hydrogen-bond acceptors (Lipinski definition) is 3. The van der Waals surface area contributed by atoms with Gasteiger partial charge in [-0.25, -0.2) is 4.79 Å². The lowest BCUT2D eigenvalue weighted by Gasteiger charge is -2.04. The van der Waals surface area contributed by atoms with Crippen molar-refractivity contribution in [3.63, 3.8) is 0 Å². The standard InChI is InChI=1S/C9H18O3P/c1-4-6-7-8(5-2)9(10)13(11)12-3/h8H,4-7H2,1-3H3/q+1. The van der Waals surface area contributed by atoms with Crippen LogP contribution in [-0.2, 0) is 13.9 Å². The van der Waals surface area contributed by atoms with E-state index in [9.17, 15) is 9.36 Å². The van der Waals surface area contributed by atoms with Crippen LogP contribution >= 0.6 is 8.03 Å². The van der Waals surface area contributed by atoms with E-state index in [1.807, 2.05) is 6.92 Å². The van der Waals surface area contributed by atoms with Crippen LogP contribution in [0.3, 0.4) is 0 Å². The average Bonchev–Trinajstić information content (AvgIpc) is 2.17. The lowest BCUT2D eigenvalue weighted by molar-refractivity contribution is -0.116. The molecular formula is C9H18O3P+. The average molecular weight is 205 g/mol. The highest BCUT2D eigenvalue weighted by atomic mass is 31.1. The Kier molecular flexibility index (Phi) is 7.02. The second kappa shape index (κ2) is 7.16. The van der Waals surface area contributed by atoms with Crippen LogP contribution in [0.2, 0.25) is 0 Å². The van der Waals surface area contributed by atoms with Gasteiger partial charge in [-0.2, -0.15) is 0 Å². The van der Waals surface area contributed by atoms with Crippen molar-refractivity contribution >= 4 is 13.6 Å². The van der Waals surface area contributed by atoms with Crippen LogP contribution < -0.4 is 0 Å². The van der Waals surface area contributed by atoms with Gasteiger partial charge in [0, 0.05) is 0 Å². The third-order valence-electron chi connectivity index (χ3n) is 2.09. The smallest absolute Gasteiger partial charge is 0.236 e. The van der Waals surface area contributed by atoms with Crippen molar-refractivity contribution in [3.05, 3.63) is 0 Å². The molecule has 0 radical (unpaired) electrons. The summed E-state index contributed by atoms with van der Waals surface area (Å²) in [7, 11) is -0.782. The zero-order chi connectivity index (χ0) is 10.3. The highest BCUT2D eigenvalue weighted by molar-refractivity contribution is 7.59. The molecule has 2 unspecified atom stereocenters. The number of hydrogen-bond donors (Lipinski definition) is 0. The van der Waals surface area contributed by atoms with Gasteiger partial charge in [0.05, 0.1) is 13.0 Å². The second-order valence-electron chi connectivity index (χ2n) is 3.03.